The average molecular weight is 215 g/mol. The fraction of sp³-hybridized carbons (Fsp3) is 1.00. The molecule has 1 fully saturated rings. The minimum atomic E-state index is -0.145. The highest BCUT2D eigenvalue weighted by Crippen LogP contribution is 2.37. The summed E-state index contributed by atoms with van der Waals surface area (Å²) in [5.74, 6) is 0. The summed E-state index contributed by atoms with van der Waals surface area (Å²) in [4.78, 5) is 0. The second-order valence-corrected chi connectivity index (χ2v) is 5.40. The van der Waals surface area contributed by atoms with E-state index in [4.69, 9.17) is 9.47 Å². The molecule has 1 aliphatic carbocycles. The van der Waals surface area contributed by atoms with Crippen LogP contribution in [0.4, 0.5) is 0 Å². The van der Waals surface area contributed by atoms with E-state index in [1.54, 1.807) is 14.2 Å². The van der Waals surface area contributed by atoms with Gasteiger partial charge < -0.3 is 14.8 Å². The van der Waals surface area contributed by atoms with Gasteiger partial charge in [-0.15, -0.1) is 0 Å². The summed E-state index contributed by atoms with van der Waals surface area (Å²) in [6.07, 6.45) is 3.67. The molecule has 0 radical (unpaired) electrons. The molecule has 0 aromatic carbocycles. The summed E-state index contributed by atoms with van der Waals surface area (Å²) in [7, 11) is 3.37. The lowest BCUT2D eigenvalue weighted by molar-refractivity contribution is -0.121. The SMILES string of the molecule is COC(OC)C(C)NC1CCC(C)(C)C1. The molecule has 0 heterocycles. The summed E-state index contributed by atoms with van der Waals surface area (Å²) >= 11 is 0. The van der Waals surface area contributed by atoms with Gasteiger partial charge in [0.2, 0.25) is 0 Å². The van der Waals surface area contributed by atoms with Crippen molar-refractivity contribution in [2.24, 2.45) is 5.41 Å². The van der Waals surface area contributed by atoms with Crippen molar-refractivity contribution < 1.29 is 9.47 Å². The first kappa shape index (κ1) is 12.9. The molecule has 90 valence electrons. The molecule has 1 rings (SSSR count). The van der Waals surface area contributed by atoms with Crippen LogP contribution < -0.4 is 5.32 Å². The molecule has 0 aliphatic heterocycles. The summed E-state index contributed by atoms with van der Waals surface area (Å²) in [6.45, 7) is 6.79. The Morgan fingerprint density at radius 3 is 2.27 bits per heavy atom. The zero-order valence-corrected chi connectivity index (χ0v) is 10.7. The van der Waals surface area contributed by atoms with Gasteiger partial charge in [-0.3, -0.25) is 0 Å². The third-order valence-electron chi connectivity index (χ3n) is 3.34. The van der Waals surface area contributed by atoms with Crippen LogP contribution >= 0.6 is 0 Å². The molecule has 0 amide bonds. The quantitative estimate of drug-likeness (QED) is 0.713. The third-order valence-corrected chi connectivity index (χ3v) is 3.34. The van der Waals surface area contributed by atoms with E-state index in [1.165, 1.54) is 19.3 Å². The fourth-order valence-corrected chi connectivity index (χ4v) is 2.53. The number of hydrogen-bond donors (Lipinski definition) is 1. The van der Waals surface area contributed by atoms with E-state index in [2.05, 4.69) is 26.1 Å². The summed E-state index contributed by atoms with van der Waals surface area (Å²) in [5.41, 5.74) is 0.493. The average Bonchev–Trinajstić information content (AvgIpc) is 2.47. The third kappa shape index (κ3) is 3.74. The van der Waals surface area contributed by atoms with Crippen LogP contribution in [-0.4, -0.2) is 32.6 Å². The zero-order chi connectivity index (χ0) is 11.5. The molecule has 0 aromatic heterocycles. The molecule has 1 saturated carbocycles. The zero-order valence-electron chi connectivity index (χ0n) is 10.7. The number of ether oxygens (including phenoxy) is 2. The number of nitrogens with one attached hydrogen (secondary N) is 1. The van der Waals surface area contributed by atoms with E-state index >= 15 is 0 Å². The molecule has 15 heavy (non-hydrogen) atoms. The van der Waals surface area contributed by atoms with Crippen molar-refractivity contribution in [1.29, 1.82) is 0 Å². The normalized spacial score (nSPS) is 27.2. The first-order valence-corrected chi connectivity index (χ1v) is 5.80. The highest BCUT2D eigenvalue weighted by Gasteiger charge is 2.32. The predicted molar refractivity (Wildman–Crippen MR) is 61.8 cm³/mol. The van der Waals surface area contributed by atoms with Crippen molar-refractivity contribution in [3.05, 3.63) is 0 Å². The van der Waals surface area contributed by atoms with Gasteiger partial charge in [0, 0.05) is 20.3 Å². The van der Waals surface area contributed by atoms with Crippen LogP contribution in [0.3, 0.4) is 0 Å². The van der Waals surface area contributed by atoms with Crippen LogP contribution in [0.1, 0.15) is 40.0 Å². The Morgan fingerprint density at radius 2 is 1.87 bits per heavy atom. The minimum absolute atomic E-state index is 0.145. The second-order valence-electron chi connectivity index (χ2n) is 5.40. The van der Waals surface area contributed by atoms with Crippen LogP contribution in [0.5, 0.6) is 0 Å². The van der Waals surface area contributed by atoms with Crippen molar-refractivity contribution in [2.75, 3.05) is 14.2 Å². The van der Waals surface area contributed by atoms with Crippen molar-refractivity contribution in [3.63, 3.8) is 0 Å². The lowest BCUT2D eigenvalue weighted by Crippen LogP contribution is -2.44. The van der Waals surface area contributed by atoms with E-state index in [9.17, 15) is 0 Å². The summed E-state index contributed by atoms with van der Waals surface area (Å²) in [5, 5.41) is 3.59. The van der Waals surface area contributed by atoms with E-state index in [0.29, 0.717) is 11.5 Å². The molecular weight excluding hydrogens is 190 g/mol. The van der Waals surface area contributed by atoms with E-state index < -0.39 is 0 Å². The van der Waals surface area contributed by atoms with Crippen molar-refractivity contribution >= 4 is 0 Å². The Balaban J connectivity index is 2.36. The van der Waals surface area contributed by atoms with Gasteiger partial charge in [-0.25, -0.2) is 0 Å². The lowest BCUT2D eigenvalue weighted by Gasteiger charge is -2.26. The van der Waals surface area contributed by atoms with Gasteiger partial charge in [-0.1, -0.05) is 13.8 Å². The molecule has 3 nitrogen and oxygen atoms in total. The largest absolute Gasteiger partial charge is 0.354 e. The van der Waals surface area contributed by atoms with Gasteiger partial charge in [0.15, 0.2) is 6.29 Å². The second kappa shape index (κ2) is 5.28. The number of hydrogen-bond acceptors (Lipinski definition) is 3. The molecular formula is C12H25NO2. The van der Waals surface area contributed by atoms with Gasteiger partial charge in [0.05, 0.1) is 6.04 Å². The highest BCUT2D eigenvalue weighted by molar-refractivity contribution is 4.88. The molecule has 0 spiro atoms. The molecule has 3 heteroatoms. The smallest absolute Gasteiger partial charge is 0.171 e. The molecule has 1 aliphatic rings. The maximum atomic E-state index is 5.24. The molecule has 0 aromatic rings. The van der Waals surface area contributed by atoms with Crippen molar-refractivity contribution in [3.8, 4) is 0 Å². The monoisotopic (exact) mass is 215 g/mol. The Morgan fingerprint density at radius 1 is 1.27 bits per heavy atom. The maximum Gasteiger partial charge on any atom is 0.171 e. The number of rotatable bonds is 5. The Hall–Kier alpha value is -0.120. The van der Waals surface area contributed by atoms with Crippen molar-refractivity contribution in [1.82, 2.24) is 5.32 Å². The topological polar surface area (TPSA) is 30.5 Å². The lowest BCUT2D eigenvalue weighted by atomic mass is 9.92. The molecule has 1 N–H and O–H groups in total. The first-order chi connectivity index (χ1) is 6.98. The maximum absolute atomic E-state index is 5.24. The van der Waals surface area contributed by atoms with E-state index in [-0.39, 0.29) is 12.3 Å². The van der Waals surface area contributed by atoms with E-state index in [1.807, 2.05) is 0 Å². The molecule has 0 bridgehead atoms. The fourth-order valence-electron chi connectivity index (χ4n) is 2.53. The Kier molecular flexibility index (Phi) is 4.56. The Labute approximate surface area is 93.5 Å². The first-order valence-electron chi connectivity index (χ1n) is 5.80. The molecule has 0 saturated heterocycles. The molecule has 2 atom stereocenters. The van der Waals surface area contributed by atoms with Crippen LogP contribution in [0.25, 0.3) is 0 Å². The molecule has 2 unspecified atom stereocenters. The van der Waals surface area contributed by atoms with Crippen LogP contribution in [0.15, 0.2) is 0 Å². The van der Waals surface area contributed by atoms with Crippen LogP contribution in [0, 0.1) is 5.41 Å². The van der Waals surface area contributed by atoms with Gasteiger partial charge in [0.25, 0.3) is 0 Å². The van der Waals surface area contributed by atoms with E-state index in [0.717, 1.165) is 0 Å². The van der Waals surface area contributed by atoms with Gasteiger partial charge in [-0.2, -0.15) is 0 Å². The van der Waals surface area contributed by atoms with Gasteiger partial charge >= 0.3 is 0 Å². The summed E-state index contributed by atoms with van der Waals surface area (Å²) in [6, 6.07) is 0.863. The Bertz CT molecular complexity index is 190. The standard InChI is InChI=1S/C12H25NO2/c1-9(11(14-4)15-5)13-10-6-7-12(2,3)8-10/h9-11,13H,6-8H2,1-5H3. The van der Waals surface area contributed by atoms with Gasteiger partial charge in [0.1, 0.15) is 0 Å². The number of methoxy groups -OCH3 is 2. The highest BCUT2D eigenvalue weighted by atomic mass is 16.7. The van der Waals surface area contributed by atoms with Crippen molar-refractivity contribution in [2.45, 2.75) is 58.4 Å². The van der Waals surface area contributed by atoms with Crippen LogP contribution in [0.2, 0.25) is 0 Å². The van der Waals surface area contributed by atoms with Crippen LogP contribution in [-0.2, 0) is 9.47 Å². The summed E-state index contributed by atoms with van der Waals surface area (Å²) < 4.78 is 10.5. The van der Waals surface area contributed by atoms with Gasteiger partial charge in [-0.05, 0) is 31.6 Å². The predicted octanol–water partition coefficient (Wildman–Crippen LogP) is 2.16. The minimum Gasteiger partial charge on any atom is -0.354 e.